The lowest BCUT2D eigenvalue weighted by Gasteiger charge is -2.38. The number of cyclic esters (lactones) is 1. The predicted octanol–water partition coefficient (Wildman–Crippen LogP) is 12.3. The molecule has 0 N–H and O–H groups in total. The first-order valence-electron chi connectivity index (χ1n) is 23.3. The highest BCUT2D eigenvalue weighted by Gasteiger charge is 2.47. The molecule has 1 aromatic rings. The Kier molecular flexibility index (Phi) is 21.3. The molecule has 0 bridgehead atoms. The van der Waals surface area contributed by atoms with Crippen LogP contribution in [0.4, 0.5) is 10.5 Å². The molecule has 3 rings (SSSR count). The van der Waals surface area contributed by atoms with Crippen molar-refractivity contribution in [2.75, 3.05) is 7.11 Å². The van der Waals surface area contributed by atoms with Gasteiger partial charge in [0.25, 0.3) is 5.69 Å². The second-order valence-corrected chi connectivity index (χ2v) is 27.3. The number of esters is 1. The number of rotatable bonds is 22. The minimum atomic E-state index is -2.14. The van der Waals surface area contributed by atoms with E-state index >= 15 is 0 Å². The fourth-order valence-electron chi connectivity index (χ4n) is 8.80. The maximum atomic E-state index is 13.9. The first-order chi connectivity index (χ1) is 29.4. The molecule has 2 aliphatic rings. The van der Waals surface area contributed by atoms with Crippen molar-refractivity contribution in [1.29, 1.82) is 0 Å². The number of nitro groups is 1. The summed E-state index contributed by atoms with van der Waals surface area (Å²) in [6.45, 7) is 25.8. The van der Waals surface area contributed by atoms with Crippen LogP contribution in [0.1, 0.15) is 115 Å². The highest BCUT2D eigenvalue weighted by molar-refractivity contribution is 6.74. The summed E-state index contributed by atoms with van der Waals surface area (Å²) in [6, 6.07) is 11.4. The van der Waals surface area contributed by atoms with Crippen molar-refractivity contribution in [1.82, 2.24) is 0 Å². The quantitative estimate of drug-likeness (QED) is 0.0160. The molecule has 1 fully saturated rings. The molecule has 0 unspecified atom stereocenters. The molecule has 2 aliphatic heterocycles. The van der Waals surface area contributed by atoms with Gasteiger partial charge in [-0.1, -0.05) is 93.5 Å². The number of nitro benzene ring substituents is 1. The van der Waals surface area contributed by atoms with Gasteiger partial charge in [0, 0.05) is 37.2 Å². The number of non-ortho nitro benzene ring substituents is 1. The van der Waals surface area contributed by atoms with E-state index in [1.165, 1.54) is 24.3 Å². The van der Waals surface area contributed by atoms with Crippen LogP contribution < -0.4 is 4.74 Å². The van der Waals surface area contributed by atoms with Crippen LogP contribution in [0.15, 0.2) is 60.2 Å². The normalized spacial score (nSPS) is 27.3. The Labute approximate surface area is 374 Å². The number of benzene rings is 1. The van der Waals surface area contributed by atoms with Crippen molar-refractivity contribution in [3.63, 3.8) is 0 Å². The first kappa shape index (κ1) is 53.2. The third kappa shape index (κ3) is 15.0. The van der Waals surface area contributed by atoms with E-state index in [2.05, 4.69) is 68.4 Å². The number of ether oxygens (including phenoxy) is 5. The average Bonchev–Trinajstić information content (AvgIpc) is 4.03. The Morgan fingerprint density at radius 2 is 1.60 bits per heavy atom. The lowest BCUT2D eigenvalue weighted by Crippen LogP contribution is -2.46. The van der Waals surface area contributed by atoms with E-state index in [9.17, 15) is 19.7 Å². The van der Waals surface area contributed by atoms with Gasteiger partial charge in [-0.3, -0.25) is 14.9 Å². The second kappa shape index (κ2) is 24.8. The van der Waals surface area contributed by atoms with Gasteiger partial charge >= 0.3 is 12.1 Å². The number of allylic oxidation sites excluding steroid dienone is 3. The van der Waals surface area contributed by atoms with Gasteiger partial charge in [0.1, 0.15) is 17.5 Å². The molecule has 1 saturated heterocycles. The second-order valence-electron chi connectivity index (χ2n) is 17.9. The van der Waals surface area contributed by atoms with Gasteiger partial charge in [-0.2, -0.15) is 0 Å². The molecule has 2 heterocycles. The minimum absolute atomic E-state index is 0.0821. The maximum absolute atomic E-state index is 13.9. The SMILES string of the molecule is CC[C@H](O[Si](CC)(CC)CC)[C@@H](C)[C@H]1O[C@@H]1C[C@H](C)/C=C/C=C(\C)[C@H]1OC(=O)C[C@H](O[Si](CC)(CC)CC)CC[C@@](C)(OC)[C@@H](OC(=O)Oc2ccc([N+](=O)[O-])cc2)/C=C/[C@@H]1C. The molecule has 0 saturated carbocycles. The Bertz CT molecular complexity index is 1640. The molecule has 0 aliphatic carbocycles. The predicted molar refractivity (Wildman–Crippen MR) is 250 cm³/mol. The van der Waals surface area contributed by atoms with Crippen LogP contribution in [0, 0.1) is 27.9 Å². The van der Waals surface area contributed by atoms with Gasteiger partial charge in [-0.05, 0) is 105 Å². The molecule has 12 nitrogen and oxygen atoms in total. The number of epoxide rings is 1. The monoisotopic (exact) mass is 902 g/mol. The Hall–Kier alpha value is -3.15. The molecule has 62 heavy (non-hydrogen) atoms. The molecule has 0 radical (unpaired) electrons. The number of carbonyl (C=O) groups excluding carboxylic acids is 2. The summed E-state index contributed by atoms with van der Waals surface area (Å²) in [5.74, 6) is 0.0626. The molecule has 10 atom stereocenters. The minimum Gasteiger partial charge on any atom is -0.457 e. The van der Waals surface area contributed by atoms with Crippen molar-refractivity contribution >= 4 is 34.4 Å². The summed E-state index contributed by atoms with van der Waals surface area (Å²) in [5, 5.41) is 11.1. The fraction of sp³-hybridized carbons (Fsp3) is 0.708. The van der Waals surface area contributed by atoms with Crippen LogP contribution >= 0.6 is 0 Å². The van der Waals surface area contributed by atoms with Crippen molar-refractivity contribution in [3.05, 3.63) is 70.3 Å². The van der Waals surface area contributed by atoms with E-state index in [1.807, 2.05) is 39.0 Å². The third-order valence-corrected chi connectivity index (χ3v) is 23.3. The van der Waals surface area contributed by atoms with Crippen molar-refractivity contribution in [2.24, 2.45) is 17.8 Å². The summed E-state index contributed by atoms with van der Waals surface area (Å²) in [6.07, 6.45) is 10.4. The zero-order valence-corrected chi connectivity index (χ0v) is 42.1. The molecular formula is C48H79NO11Si2. The van der Waals surface area contributed by atoms with Crippen LogP contribution in [-0.2, 0) is 32.6 Å². The summed E-state index contributed by atoms with van der Waals surface area (Å²) < 4.78 is 43.9. The molecule has 0 amide bonds. The van der Waals surface area contributed by atoms with Gasteiger partial charge in [0.2, 0.25) is 0 Å². The third-order valence-electron chi connectivity index (χ3n) is 13.9. The van der Waals surface area contributed by atoms with E-state index in [1.54, 1.807) is 13.2 Å². The first-order valence-corrected chi connectivity index (χ1v) is 28.4. The van der Waals surface area contributed by atoms with E-state index in [-0.39, 0.29) is 54.0 Å². The lowest BCUT2D eigenvalue weighted by atomic mass is 9.88. The topological polar surface area (TPSA) is 145 Å². The summed E-state index contributed by atoms with van der Waals surface area (Å²) in [5.41, 5.74) is -0.286. The smallest absolute Gasteiger partial charge is 0.457 e. The summed E-state index contributed by atoms with van der Waals surface area (Å²) >= 11 is 0. The van der Waals surface area contributed by atoms with Crippen molar-refractivity contribution < 1.29 is 47.0 Å². The highest BCUT2D eigenvalue weighted by atomic mass is 28.4. The van der Waals surface area contributed by atoms with Crippen molar-refractivity contribution in [3.8, 4) is 5.75 Å². The number of hydrogen-bond donors (Lipinski definition) is 0. The van der Waals surface area contributed by atoms with Crippen LogP contribution in [0.5, 0.6) is 5.75 Å². The van der Waals surface area contributed by atoms with Gasteiger partial charge in [0.05, 0.1) is 29.7 Å². The molecule has 14 heteroatoms. The van der Waals surface area contributed by atoms with Gasteiger partial charge in [-0.15, -0.1) is 0 Å². The molecule has 1 aromatic carbocycles. The number of nitrogens with zero attached hydrogens (tertiary/aromatic N) is 1. The molecule has 0 spiro atoms. The summed E-state index contributed by atoms with van der Waals surface area (Å²) in [7, 11) is -2.29. The van der Waals surface area contributed by atoms with Crippen LogP contribution in [0.2, 0.25) is 36.3 Å². The average molecular weight is 902 g/mol. The van der Waals surface area contributed by atoms with E-state index < -0.39 is 51.6 Å². The zero-order chi connectivity index (χ0) is 46.3. The maximum Gasteiger partial charge on any atom is 0.514 e. The number of hydrogen-bond acceptors (Lipinski definition) is 11. The highest BCUT2D eigenvalue weighted by Crippen LogP contribution is 2.39. The number of carbonyl (C=O) groups is 2. The van der Waals surface area contributed by atoms with Gasteiger partial charge < -0.3 is 32.5 Å². The standard InChI is InChI=1S/C48H79NO11Si2/c1-14-41(60-62(18-5,19-6)20-7)37(11)46-42(56-46)32-34(8)22-21-23-35(9)45-36(10)24-29-43(57-47(51)55-39-27-25-38(26-28-39)49(52)53)48(12,54-13)31-30-40(33-44(50)58-45)59-61(15-2,16-3)17-4/h21-29,34,36-37,40-43,45-46H,14-20,30-33H2,1-13H3/b22-21+,29-24+,35-23+/t34-,36+,37-,40-,41+,42-,43+,45-,46-,48-/m1/s1. The van der Waals surface area contributed by atoms with E-state index in [0.29, 0.717) is 18.8 Å². The molecule has 350 valence electrons. The van der Waals surface area contributed by atoms with E-state index in [0.717, 1.165) is 54.7 Å². The van der Waals surface area contributed by atoms with Crippen LogP contribution in [0.3, 0.4) is 0 Å². The van der Waals surface area contributed by atoms with Crippen molar-refractivity contribution in [2.45, 2.75) is 194 Å². The molecular weight excluding hydrogens is 823 g/mol. The van der Waals surface area contributed by atoms with E-state index in [4.69, 9.17) is 32.5 Å². The summed E-state index contributed by atoms with van der Waals surface area (Å²) in [4.78, 5) is 37.8. The van der Waals surface area contributed by atoms with Crippen LogP contribution in [-0.4, -0.2) is 83.0 Å². The van der Waals surface area contributed by atoms with Gasteiger partial charge in [-0.25, -0.2) is 4.79 Å². The zero-order valence-electron chi connectivity index (χ0n) is 40.1. The Morgan fingerprint density at radius 1 is 0.984 bits per heavy atom. The Morgan fingerprint density at radius 3 is 2.15 bits per heavy atom. The lowest BCUT2D eigenvalue weighted by molar-refractivity contribution is -0.384. The van der Waals surface area contributed by atoms with Crippen LogP contribution in [0.25, 0.3) is 0 Å². The number of methoxy groups -OCH3 is 1. The largest absolute Gasteiger partial charge is 0.514 e. The fourth-order valence-corrected chi connectivity index (χ4v) is 14.7. The Balaban J connectivity index is 1.85. The molecule has 0 aromatic heterocycles. The van der Waals surface area contributed by atoms with Gasteiger partial charge in [0.15, 0.2) is 22.7 Å².